The Hall–Kier alpha value is -2.28. The van der Waals surface area contributed by atoms with Gasteiger partial charge in [0.15, 0.2) is 0 Å². The fourth-order valence-corrected chi connectivity index (χ4v) is 2.92. The third-order valence-electron chi connectivity index (χ3n) is 3.81. The SMILES string of the molecule is CC(C)(C)OC(=O)NN(C(=O)C1CCCN1C(=O)CCl)c1ccccc1. The maximum atomic E-state index is 13.1. The second kappa shape index (κ2) is 8.40. The summed E-state index contributed by atoms with van der Waals surface area (Å²) in [4.78, 5) is 38.8. The molecule has 0 aromatic heterocycles. The van der Waals surface area contributed by atoms with Gasteiger partial charge >= 0.3 is 6.09 Å². The Kier molecular flexibility index (Phi) is 6.47. The summed E-state index contributed by atoms with van der Waals surface area (Å²) in [5.41, 5.74) is 2.27. The molecule has 0 aliphatic carbocycles. The zero-order valence-corrected chi connectivity index (χ0v) is 16.0. The topological polar surface area (TPSA) is 79.0 Å². The summed E-state index contributed by atoms with van der Waals surface area (Å²) < 4.78 is 5.25. The number of likely N-dealkylation sites (tertiary alicyclic amines) is 1. The Balaban J connectivity index is 2.24. The van der Waals surface area contributed by atoms with E-state index in [4.69, 9.17) is 16.3 Å². The predicted octanol–water partition coefficient (Wildman–Crippen LogP) is 2.69. The van der Waals surface area contributed by atoms with E-state index < -0.39 is 23.6 Å². The molecule has 7 nitrogen and oxygen atoms in total. The van der Waals surface area contributed by atoms with E-state index >= 15 is 0 Å². The molecule has 1 fully saturated rings. The molecule has 2 rings (SSSR count). The first-order valence-electron chi connectivity index (χ1n) is 8.47. The molecule has 1 unspecified atom stereocenters. The molecule has 1 aromatic carbocycles. The van der Waals surface area contributed by atoms with E-state index in [1.54, 1.807) is 51.1 Å². The Morgan fingerprint density at radius 1 is 1.27 bits per heavy atom. The number of carbonyl (C=O) groups is 3. The summed E-state index contributed by atoms with van der Waals surface area (Å²) in [7, 11) is 0. The molecule has 142 valence electrons. The van der Waals surface area contributed by atoms with Crippen LogP contribution in [0.4, 0.5) is 10.5 Å². The van der Waals surface area contributed by atoms with Gasteiger partial charge in [-0.25, -0.2) is 15.2 Å². The summed E-state index contributed by atoms with van der Waals surface area (Å²) in [6, 6.07) is 8.02. The first-order chi connectivity index (χ1) is 12.2. The first kappa shape index (κ1) is 20.0. The summed E-state index contributed by atoms with van der Waals surface area (Å²) in [5, 5.41) is 1.14. The van der Waals surface area contributed by atoms with Gasteiger partial charge in [0.2, 0.25) is 5.91 Å². The number of carbonyl (C=O) groups excluding carboxylic acids is 3. The number of ether oxygens (including phenoxy) is 1. The molecular weight excluding hydrogens is 358 g/mol. The zero-order valence-electron chi connectivity index (χ0n) is 15.2. The van der Waals surface area contributed by atoms with Crippen LogP contribution >= 0.6 is 11.6 Å². The van der Waals surface area contributed by atoms with E-state index in [2.05, 4.69) is 5.43 Å². The lowest BCUT2D eigenvalue weighted by molar-refractivity contribution is -0.135. The van der Waals surface area contributed by atoms with Crippen molar-refractivity contribution in [2.45, 2.75) is 45.3 Å². The number of halogens is 1. The molecule has 1 aliphatic rings. The van der Waals surface area contributed by atoms with Crippen LogP contribution in [0.15, 0.2) is 30.3 Å². The summed E-state index contributed by atoms with van der Waals surface area (Å²) >= 11 is 5.65. The lowest BCUT2D eigenvalue weighted by Crippen LogP contribution is -2.55. The normalized spacial score (nSPS) is 16.9. The minimum absolute atomic E-state index is 0.186. The minimum atomic E-state index is -0.747. The molecule has 0 saturated carbocycles. The molecule has 1 aliphatic heterocycles. The number of hydrogen-bond acceptors (Lipinski definition) is 4. The number of nitrogens with one attached hydrogen (secondary N) is 1. The molecule has 1 heterocycles. The molecule has 8 heteroatoms. The van der Waals surface area contributed by atoms with Gasteiger partial charge in [-0.1, -0.05) is 18.2 Å². The van der Waals surface area contributed by atoms with Crippen molar-refractivity contribution in [3.8, 4) is 0 Å². The number of alkyl halides is 1. The van der Waals surface area contributed by atoms with E-state index in [-0.39, 0.29) is 11.8 Å². The summed E-state index contributed by atoms with van der Waals surface area (Å²) in [5.74, 6) is -0.889. The molecule has 0 spiro atoms. The maximum Gasteiger partial charge on any atom is 0.427 e. The molecule has 26 heavy (non-hydrogen) atoms. The lowest BCUT2D eigenvalue weighted by atomic mass is 10.2. The molecule has 0 radical (unpaired) electrons. The quantitative estimate of drug-likeness (QED) is 0.645. The fourth-order valence-electron chi connectivity index (χ4n) is 2.76. The van der Waals surface area contributed by atoms with Crippen LogP contribution in [0.3, 0.4) is 0 Å². The number of amides is 3. The highest BCUT2D eigenvalue weighted by Gasteiger charge is 2.37. The van der Waals surface area contributed by atoms with Crippen LogP contribution in [0, 0.1) is 0 Å². The van der Waals surface area contributed by atoms with Gasteiger partial charge in [0.25, 0.3) is 5.91 Å². The minimum Gasteiger partial charge on any atom is -0.443 e. The number of anilines is 1. The second-order valence-electron chi connectivity index (χ2n) is 7.00. The van der Waals surface area contributed by atoms with Gasteiger partial charge < -0.3 is 9.64 Å². The van der Waals surface area contributed by atoms with Crippen LogP contribution in [-0.4, -0.2) is 46.9 Å². The molecule has 1 N–H and O–H groups in total. The Morgan fingerprint density at radius 3 is 2.50 bits per heavy atom. The van der Waals surface area contributed by atoms with Gasteiger partial charge in [0, 0.05) is 6.54 Å². The second-order valence-corrected chi connectivity index (χ2v) is 7.27. The van der Waals surface area contributed by atoms with Crippen LogP contribution in [-0.2, 0) is 14.3 Å². The first-order valence-corrected chi connectivity index (χ1v) is 9.00. The van der Waals surface area contributed by atoms with Crippen molar-refractivity contribution in [3.05, 3.63) is 30.3 Å². The Morgan fingerprint density at radius 2 is 1.92 bits per heavy atom. The lowest BCUT2D eigenvalue weighted by Gasteiger charge is -2.31. The smallest absolute Gasteiger partial charge is 0.427 e. The van der Waals surface area contributed by atoms with Crippen molar-refractivity contribution < 1.29 is 19.1 Å². The number of benzene rings is 1. The van der Waals surface area contributed by atoms with Gasteiger partial charge in [-0.05, 0) is 45.7 Å². The molecule has 1 aromatic rings. The number of para-hydroxylation sites is 1. The average molecular weight is 382 g/mol. The van der Waals surface area contributed by atoms with Gasteiger partial charge in [-0.3, -0.25) is 9.59 Å². The van der Waals surface area contributed by atoms with Crippen molar-refractivity contribution in [1.29, 1.82) is 0 Å². The monoisotopic (exact) mass is 381 g/mol. The molecule has 1 saturated heterocycles. The van der Waals surface area contributed by atoms with Gasteiger partial charge in [0.05, 0.1) is 5.69 Å². The van der Waals surface area contributed by atoms with Crippen LogP contribution < -0.4 is 10.4 Å². The van der Waals surface area contributed by atoms with Crippen molar-refractivity contribution in [1.82, 2.24) is 10.3 Å². The van der Waals surface area contributed by atoms with Gasteiger partial charge in [-0.15, -0.1) is 11.6 Å². The molecule has 0 bridgehead atoms. The molecular formula is C18H24ClN3O4. The van der Waals surface area contributed by atoms with E-state index in [1.807, 2.05) is 0 Å². The van der Waals surface area contributed by atoms with E-state index in [1.165, 1.54) is 4.90 Å². The van der Waals surface area contributed by atoms with Crippen molar-refractivity contribution in [2.75, 3.05) is 17.4 Å². The Bertz CT molecular complexity index is 660. The van der Waals surface area contributed by atoms with E-state index in [0.29, 0.717) is 25.1 Å². The van der Waals surface area contributed by atoms with Gasteiger partial charge in [0.1, 0.15) is 17.5 Å². The van der Waals surface area contributed by atoms with Crippen molar-refractivity contribution in [3.63, 3.8) is 0 Å². The summed E-state index contributed by atoms with van der Waals surface area (Å²) in [6.45, 7) is 5.67. The standard InChI is InChI=1S/C18H24ClN3O4/c1-18(2,3)26-17(25)20-22(13-8-5-4-6-9-13)16(24)14-10-7-11-21(14)15(23)12-19/h4-6,8-9,14H,7,10-12H2,1-3H3,(H,20,25). The molecule has 1 atom stereocenters. The highest BCUT2D eigenvalue weighted by molar-refractivity contribution is 6.27. The van der Waals surface area contributed by atoms with Crippen LogP contribution in [0.1, 0.15) is 33.6 Å². The Labute approximate surface area is 158 Å². The third-order valence-corrected chi connectivity index (χ3v) is 4.04. The predicted molar refractivity (Wildman–Crippen MR) is 98.8 cm³/mol. The van der Waals surface area contributed by atoms with Crippen molar-refractivity contribution in [2.24, 2.45) is 0 Å². The number of rotatable bonds is 3. The van der Waals surface area contributed by atoms with E-state index in [9.17, 15) is 14.4 Å². The largest absolute Gasteiger partial charge is 0.443 e. The van der Waals surface area contributed by atoms with Crippen LogP contribution in [0.2, 0.25) is 0 Å². The molecule has 3 amide bonds. The average Bonchev–Trinajstić information content (AvgIpc) is 3.07. The third kappa shape index (κ3) is 5.11. The number of hydrazine groups is 1. The number of nitrogens with zero attached hydrogens (tertiary/aromatic N) is 2. The number of hydrogen-bond donors (Lipinski definition) is 1. The van der Waals surface area contributed by atoms with Gasteiger partial charge in [-0.2, -0.15) is 0 Å². The summed E-state index contributed by atoms with van der Waals surface area (Å²) in [6.07, 6.45) is 0.470. The van der Waals surface area contributed by atoms with Crippen molar-refractivity contribution >= 4 is 35.2 Å². The van der Waals surface area contributed by atoms with E-state index in [0.717, 1.165) is 5.01 Å². The fraction of sp³-hybridized carbons (Fsp3) is 0.500. The van der Waals surface area contributed by atoms with Crippen LogP contribution in [0.25, 0.3) is 0 Å². The van der Waals surface area contributed by atoms with Crippen LogP contribution in [0.5, 0.6) is 0 Å². The highest BCUT2D eigenvalue weighted by atomic mass is 35.5. The maximum absolute atomic E-state index is 13.1. The highest BCUT2D eigenvalue weighted by Crippen LogP contribution is 2.22. The zero-order chi connectivity index (χ0) is 19.3.